The third-order valence-corrected chi connectivity index (χ3v) is 1.38. The van der Waals surface area contributed by atoms with Crippen molar-refractivity contribution in [1.82, 2.24) is 0 Å². The molecule has 0 aromatic rings. The lowest BCUT2D eigenvalue weighted by Crippen LogP contribution is -2.14. The van der Waals surface area contributed by atoms with Gasteiger partial charge in [-0.15, -0.1) is 6.58 Å². The summed E-state index contributed by atoms with van der Waals surface area (Å²) in [5.41, 5.74) is 0.400. The van der Waals surface area contributed by atoms with Crippen LogP contribution in [-0.2, 0) is 14.3 Å². The van der Waals surface area contributed by atoms with E-state index in [1.165, 1.54) is 0 Å². The summed E-state index contributed by atoms with van der Waals surface area (Å²) in [6, 6.07) is 0. The van der Waals surface area contributed by atoms with E-state index in [-0.39, 0.29) is 18.7 Å². The first-order chi connectivity index (χ1) is 6.07. The molecule has 1 unspecified atom stereocenters. The Kier molecular flexibility index (Phi) is 5.89. The SMILES string of the molecule is C=CC(C)OCCOC(=O)C(=C)C. The predicted octanol–water partition coefficient (Wildman–Crippen LogP) is 1.70. The highest BCUT2D eigenvalue weighted by molar-refractivity contribution is 5.86. The van der Waals surface area contributed by atoms with Gasteiger partial charge in [0.15, 0.2) is 0 Å². The topological polar surface area (TPSA) is 35.5 Å². The number of rotatable bonds is 6. The van der Waals surface area contributed by atoms with E-state index in [2.05, 4.69) is 13.2 Å². The summed E-state index contributed by atoms with van der Waals surface area (Å²) in [4.78, 5) is 10.9. The molecule has 0 bridgehead atoms. The van der Waals surface area contributed by atoms with Gasteiger partial charge in [-0.1, -0.05) is 12.7 Å². The highest BCUT2D eigenvalue weighted by Crippen LogP contribution is 1.94. The molecule has 0 spiro atoms. The van der Waals surface area contributed by atoms with E-state index in [0.717, 1.165) is 0 Å². The third kappa shape index (κ3) is 6.11. The van der Waals surface area contributed by atoms with Crippen LogP contribution in [-0.4, -0.2) is 25.3 Å². The maximum Gasteiger partial charge on any atom is 0.333 e. The Hall–Kier alpha value is -1.09. The Bertz CT molecular complexity index is 196. The van der Waals surface area contributed by atoms with E-state index < -0.39 is 0 Å². The second kappa shape index (κ2) is 6.43. The van der Waals surface area contributed by atoms with Gasteiger partial charge in [0.1, 0.15) is 6.61 Å². The quantitative estimate of drug-likeness (QED) is 0.273. The van der Waals surface area contributed by atoms with Crippen molar-refractivity contribution < 1.29 is 14.3 Å². The Morgan fingerprint density at radius 3 is 2.62 bits per heavy atom. The fourth-order valence-corrected chi connectivity index (χ4v) is 0.560. The van der Waals surface area contributed by atoms with Crippen LogP contribution in [0, 0.1) is 0 Å². The first-order valence-electron chi connectivity index (χ1n) is 4.14. The minimum atomic E-state index is -0.380. The van der Waals surface area contributed by atoms with Crippen LogP contribution in [0.4, 0.5) is 0 Å². The molecule has 1 atom stereocenters. The fraction of sp³-hybridized carbons (Fsp3) is 0.500. The number of hydrogen-bond donors (Lipinski definition) is 0. The second-order valence-electron chi connectivity index (χ2n) is 2.73. The van der Waals surface area contributed by atoms with Gasteiger partial charge >= 0.3 is 5.97 Å². The molecule has 0 aromatic carbocycles. The number of esters is 1. The van der Waals surface area contributed by atoms with E-state index in [4.69, 9.17) is 9.47 Å². The molecule has 0 radical (unpaired) electrons. The molecule has 0 fully saturated rings. The first-order valence-corrected chi connectivity index (χ1v) is 4.14. The normalized spacial score (nSPS) is 11.8. The Morgan fingerprint density at radius 2 is 2.15 bits per heavy atom. The summed E-state index contributed by atoms with van der Waals surface area (Å²) < 4.78 is 10.00. The predicted molar refractivity (Wildman–Crippen MR) is 51.4 cm³/mol. The van der Waals surface area contributed by atoms with Crippen molar-refractivity contribution in [3.63, 3.8) is 0 Å². The fourth-order valence-electron chi connectivity index (χ4n) is 0.560. The zero-order chi connectivity index (χ0) is 10.3. The van der Waals surface area contributed by atoms with Crippen LogP contribution < -0.4 is 0 Å². The number of carbonyl (C=O) groups is 1. The Labute approximate surface area is 79.0 Å². The van der Waals surface area contributed by atoms with Crippen molar-refractivity contribution in [3.8, 4) is 0 Å². The molecule has 0 amide bonds. The molecule has 3 nitrogen and oxygen atoms in total. The van der Waals surface area contributed by atoms with Crippen LogP contribution in [0.15, 0.2) is 24.8 Å². The molecule has 0 N–H and O–H groups in total. The molecule has 3 heteroatoms. The van der Waals surface area contributed by atoms with Crippen LogP contribution in [0.2, 0.25) is 0 Å². The largest absolute Gasteiger partial charge is 0.460 e. The lowest BCUT2D eigenvalue weighted by molar-refractivity contribution is -0.140. The minimum Gasteiger partial charge on any atom is -0.460 e. The van der Waals surface area contributed by atoms with Gasteiger partial charge in [-0.25, -0.2) is 4.79 Å². The summed E-state index contributed by atoms with van der Waals surface area (Å²) in [6.07, 6.45) is 1.67. The average molecular weight is 184 g/mol. The lowest BCUT2D eigenvalue weighted by Gasteiger charge is -2.08. The van der Waals surface area contributed by atoms with Gasteiger partial charge in [-0.2, -0.15) is 0 Å². The standard InChI is InChI=1S/C10H16O3/c1-5-9(4)12-6-7-13-10(11)8(2)3/h5,9H,1-2,6-7H2,3-4H3. The molecule has 0 aliphatic carbocycles. The zero-order valence-corrected chi connectivity index (χ0v) is 8.21. The van der Waals surface area contributed by atoms with Gasteiger partial charge in [0, 0.05) is 5.57 Å². The maximum absolute atomic E-state index is 10.9. The van der Waals surface area contributed by atoms with Crippen molar-refractivity contribution in [2.75, 3.05) is 13.2 Å². The summed E-state index contributed by atoms with van der Waals surface area (Å²) in [7, 11) is 0. The van der Waals surface area contributed by atoms with E-state index in [1.54, 1.807) is 13.0 Å². The molecule has 0 aliphatic rings. The van der Waals surface area contributed by atoms with Crippen molar-refractivity contribution in [2.24, 2.45) is 0 Å². The van der Waals surface area contributed by atoms with Crippen molar-refractivity contribution >= 4 is 5.97 Å². The number of carbonyl (C=O) groups excluding carboxylic acids is 1. The van der Waals surface area contributed by atoms with Crippen LogP contribution in [0.1, 0.15) is 13.8 Å². The summed E-state index contributed by atoms with van der Waals surface area (Å²) in [5.74, 6) is -0.380. The molecule has 0 rings (SSSR count). The maximum atomic E-state index is 10.9. The Morgan fingerprint density at radius 1 is 1.54 bits per heavy atom. The van der Waals surface area contributed by atoms with E-state index in [9.17, 15) is 4.79 Å². The molecule has 0 heterocycles. The van der Waals surface area contributed by atoms with Gasteiger partial charge in [0.25, 0.3) is 0 Å². The monoisotopic (exact) mass is 184 g/mol. The molecule has 74 valence electrons. The van der Waals surface area contributed by atoms with E-state index >= 15 is 0 Å². The van der Waals surface area contributed by atoms with Crippen molar-refractivity contribution in [2.45, 2.75) is 20.0 Å². The smallest absolute Gasteiger partial charge is 0.333 e. The summed E-state index contributed by atoms with van der Waals surface area (Å²) >= 11 is 0. The number of hydrogen-bond acceptors (Lipinski definition) is 3. The zero-order valence-electron chi connectivity index (χ0n) is 8.21. The van der Waals surface area contributed by atoms with Crippen LogP contribution >= 0.6 is 0 Å². The average Bonchev–Trinajstić information content (AvgIpc) is 2.11. The molecule has 0 aliphatic heterocycles. The second-order valence-corrected chi connectivity index (χ2v) is 2.73. The highest BCUT2D eigenvalue weighted by Gasteiger charge is 2.02. The summed E-state index contributed by atoms with van der Waals surface area (Å²) in [6.45, 7) is 11.1. The van der Waals surface area contributed by atoms with E-state index in [1.807, 2.05) is 6.92 Å². The number of ether oxygens (including phenoxy) is 2. The Balaban J connectivity index is 3.41. The third-order valence-electron chi connectivity index (χ3n) is 1.38. The first kappa shape index (κ1) is 11.9. The molecule has 13 heavy (non-hydrogen) atoms. The van der Waals surface area contributed by atoms with Gasteiger partial charge in [0.05, 0.1) is 12.7 Å². The van der Waals surface area contributed by atoms with E-state index in [0.29, 0.717) is 12.2 Å². The van der Waals surface area contributed by atoms with Crippen LogP contribution in [0.3, 0.4) is 0 Å². The lowest BCUT2D eigenvalue weighted by atomic mass is 10.4. The van der Waals surface area contributed by atoms with Gasteiger partial charge < -0.3 is 9.47 Å². The summed E-state index contributed by atoms with van der Waals surface area (Å²) in [5, 5.41) is 0. The molecular formula is C10H16O3. The molecule has 0 saturated carbocycles. The molecule has 0 aromatic heterocycles. The minimum absolute atomic E-state index is 0.0106. The van der Waals surface area contributed by atoms with Gasteiger partial charge in [-0.05, 0) is 13.8 Å². The molecular weight excluding hydrogens is 168 g/mol. The van der Waals surface area contributed by atoms with Gasteiger partial charge in [0.2, 0.25) is 0 Å². The van der Waals surface area contributed by atoms with Crippen molar-refractivity contribution in [3.05, 3.63) is 24.8 Å². The molecule has 0 saturated heterocycles. The van der Waals surface area contributed by atoms with Crippen molar-refractivity contribution in [1.29, 1.82) is 0 Å². The highest BCUT2D eigenvalue weighted by atomic mass is 16.6. The van der Waals surface area contributed by atoms with Crippen LogP contribution in [0.25, 0.3) is 0 Å². The van der Waals surface area contributed by atoms with Crippen LogP contribution in [0.5, 0.6) is 0 Å². The van der Waals surface area contributed by atoms with Gasteiger partial charge in [-0.3, -0.25) is 0 Å².